The first kappa shape index (κ1) is 18.6. The monoisotopic (exact) mass is 389 g/mol. The van der Waals surface area contributed by atoms with Gasteiger partial charge in [0, 0.05) is 18.5 Å². The van der Waals surface area contributed by atoms with E-state index in [4.69, 9.17) is 10.00 Å². The van der Waals surface area contributed by atoms with E-state index in [9.17, 15) is 14.7 Å². The van der Waals surface area contributed by atoms with E-state index in [2.05, 4.69) is 5.32 Å². The summed E-state index contributed by atoms with van der Waals surface area (Å²) in [5.41, 5.74) is 1.46. The highest BCUT2D eigenvalue weighted by atomic mass is 16.5. The van der Waals surface area contributed by atoms with Crippen molar-refractivity contribution in [2.75, 3.05) is 11.9 Å². The van der Waals surface area contributed by atoms with Crippen molar-refractivity contribution in [2.45, 2.75) is 12.8 Å². The van der Waals surface area contributed by atoms with Gasteiger partial charge in [-0.05, 0) is 55.2 Å². The van der Waals surface area contributed by atoms with Gasteiger partial charge >= 0.3 is 5.97 Å². The van der Waals surface area contributed by atoms with Gasteiger partial charge in [0.1, 0.15) is 11.4 Å². The summed E-state index contributed by atoms with van der Waals surface area (Å²) in [7, 11) is 1.78. The molecule has 0 aliphatic heterocycles. The molecule has 2 aromatic carbocycles. The zero-order valence-corrected chi connectivity index (χ0v) is 15.8. The number of aromatic carboxylic acids is 1. The number of nitrogens with zero attached hydrogens (tertiary/aromatic N) is 2. The largest absolute Gasteiger partial charge is 0.493 e. The van der Waals surface area contributed by atoms with Crippen molar-refractivity contribution in [2.24, 2.45) is 13.0 Å². The number of nitrogens with one attached hydrogen (secondary N) is 1. The SMILES string of the molecule is Cn1c(C(=O)Nc2ccc(C#N)cc2C(=O)O)cc2ccc(OCC3CC3)cc21. The van der Waals surface area contributed by atoms with Gasteiger partial charge in [-0.25, -0.2) is 4.79 Å². The molecule has 1 aromatic heterocycles. The first-order valence-electron chi connectivity index (χ1n) is 9.27. The van der Waals surface area contributed by atoms with Crippen LogP contribution < -0.4 is 10.1 Å². The third-order valence-corrected chi connectivity index (χ3v) is 5.06. The van der Waals surface area contributed by atoms with Crippen LogP contribution in [0.2, 0.25) is 0 Å². The van der Waals surface area contributed by atoms with E-state index in [-0.39, 0.29) is 16.8 Å². The van der Waals surface area contributed by atoms with Crippen LogP contribution in [0.5, 0.6) is 5.75 Å². The predicted octanol–water partition coefficient (Wildman–Crippen LogP) is 3.79. The number of anilines is 1. The normalized spacial score (nSPS) is 13.1. The van der Waals surface area contributed by atoms with Crippen LogP contribution in [0.3, 0.4) is 0 Å². The molecule has 4 rings (SSSR count). The third-order valence-electron chi connectivity index (χ3n) is 5.06. The minimum atomic E-state index is -1.22. The van der Waals surface area contributed by atoms with Crippen LogP contribution in [0.4, 0.5) is 5.69 Å². The number of fused-ring (bicyclic) bond motifs is 1. The summed E-state index contributed by atoms with van der Waals surface area (Å²) in [5.74, 6) is -0.239. The molecule has 1 aliphatic rings. The minimum absolute atomic E-state index is 0.132. The van der Waals surface area contributed by atoms with Crippen molar-refractivity contribution in [3.8, 4) is 11.8 Å². The zero-order valence-electron chi connectivity index (χ0n) is 15.8. The van der Waals surface area contributed by atoms with Gasteiger partial charge in [-0.2, -0.15) is 5.26 Å². The topological polar surface area (TPSA) is 104 Å². The summed E-state index contributed by atoms with van der Waals surface area (Å²) >= 11 is 0. The number of ether oxygens (including phenoxy) is 1. The van der Waals surface area contributed by atoms with E-state index in [1.165, 1.54) is 31.0 Å². The summed E-state index contributed by atoms with van der Waals surface area (Å²) in [4.78, 5) is 24.3. The molecule has 0 bridgehead atoms. The van der Waals surface area contributed by atoms with E-state index >= 15 is 0 Å². The Balaban J connectivity index is 1.61. The Labute approximate surface area is 167 Å². The van der Waals surface area contributed by atoms with Crippen LogP contribution in [0.1, 0.15) is 39.3 Å². The highest BCUT2D eigenvalue weighted by Gasteiger charge is 2.22. The van der Waals surface area contributed by atoms with Crippen LogP contribution in [0.25, 0.3) is 10.9 Å². The Bertz CT molecular complexity index is 1170. The van der Waals surface area contributed by atoms with Gasteiger partial charge in [0.2, 0.25) is 0 Å². The molecule has 3 aromatic rings. The van der Waals surface area contributed by atoms with E-state index in [1.54, 1.807) is 17.7 Å². The van der Waals surface area contributed by atoms with Gasteiger partial charge in [0.15, 0.2) is 0 Å². The van der Waals surface area contributed by atoms with Gasteiger partial charge in [-0.1, -0.05) is 0 Å². The highest BCUT2D eigenvalue weighted by molar-refractivity contribution is 6.09. The van der Waals surface area contributed by atoms with Crippen LogP contribution in [0.15, 0.2) is 42.5 Å². The molecule has 0 atom stereocenters. The first-order chi connectivity index (χ1) is 14.0. The quantitative estimate of drug-likeness (QED) is 0.667. The lowest BCUT2D eigenvalue weighted by molar-refractivity contribution is 0.0698. The van der Waals surface area contributed by atoms with Crippen LogP contribution in [-0.2, 0) is 7.05 Å². The van der Waals surface area contributed by atoms with Gasteiger partial charge < -0.3 is 19.7 Å². The molecule has 146 valence electrons. The Hall–Kier alpha value is -3.79. The lowest BCUT2D eigenvalue weighted by atomic mass is 10.1. The highest BCUT2D eigenvalue weighted by Crippen LogP contribution is 2.31. The Kier molecular flexibility index (Phi) is 4.69. The van der Waals surface area contributed by atoms with Crippen LogP contribution in [0, 0.1) is 17.2 Å². The Morgan fingerprint density at radius 1 is 1.24 bits per heavy atom. The smallest absolute Gasteiger partial charge is 0.337 e. The molecule has 1 aliphatic carbocycles. The lowest BCUT2D eigenvalue weighted by Gasteiger charge is -2.10. The molecule has 1 amide bonds. The molecule has 2 N–H and O–H groups in total. The first-order valence-corrected chi connectivity index (χ1v) is 9.27. The fourth-order valence-electron chi connectivity index (χ4n) is 3.20. The van der Waals surface area contributed by atoms with Crippen molar-refractivity contribution in [3.63, 3.8) is 0 Å². The number of hydrogen-bond donors (Lipinski definition) is 2. The molecule has 0 unspecified atom stereocenters. The summed E-state index contributed by atoms with van der Waals surface area (Å²) in [5, 5.41) is 21.9. The fourth-order valence-corrected chi connectivity index (χ4v) is 3.20. The maximum absolute atomic E-state index is 12.8. The van der Waals surface area contributed by atoms with Gasteiger partial charge in [-0.15, -0.1) is 0 Å². The maximum atomic E-state index is 12.8. The number of aromatic nitrogens is 1. The second-order valence-electron chi connectivity index (χ2n) is 7.20. The molecule has 0 spiro atoms. The van der Waals surface area contributed by atoms with E-state index in [0.29, 0.717) is 18.2 Å². The summed E-state index contributed by atoms with van der Waals surface area (Å²) in [6.07, 6.45) is 2.43. The lowest BCUT2D eigenvalue weighted by Crippen LogP contribution is -2.17. The number of benzene rings is 2. The number of carboxylic acid groups (broad SMARTS) is 1. The van der Waals surface area contributed by atoms with Crippen molar-refractivity contribution >= 4 is 28.5 Å². The summed E-state index contributed by atoms with van der Waals surface area (Å²) in [6.45, 7) is 0.708. The number of carboxylic acids is 1. The molecule has 0 saturated heterocycles. The van der Waals surface area contributed by atoms with Gasteiger partial charge in [-0.3, -0.25) is 4.79 Å². The van der Waals surface area contributed by atoms with Crippen LogP contribution >= 0.6 is 0 Å². The standard InChI is InChI=1S/C22H19N3O4/c1-25-19-10-16(29-12-13-2-3-13)6-5-15(19)9-20(25)21(26)24-18-7-4-14(11-23)8-17(18)22(27)28/h4-10,13H,2-3,12H2,1H3,(H,24,26)(H,27,28). The molecular formula is C22H19N3O4. The number of hydrogen-bond acceptors (Lipinski definition) is 4. The average molecular weight is 389 g/mol. The Morgan fingerprint density at radius 2 is 2.03 bits per heavy atom. The fraction of sp³-hybridized carbons (Fsp3) is 0.227. The number of carbonyl (C=O) groups excluding carboxylic acids is 1. The molecule has 1 heterocycles. The minimum Gasteiger partial charge on any atom is -0.493 e. The number of carbonyl (C=O) groups is 2. The number of nitriles is 1. The van der Waals surface area contributed by atoms with Crippen molar-refractivity contribution in [3.05, 3.63) is 59.3 Å². The van der Waals surface area contributed by atoms with Crippen molar-refractivity contribution < 1.29 is 19.4 Å². The second-order valence-corrected chi connectivity index (χ2v) is 7.20. The molecule has 7 heteroatoms. The second kappa shape index (κ2) is 7.32. The molecule has 7 nitrogen and oxygen atoms in total. The summed E-state index contributed by atoms with van der Waals surface area (Å²) < 4.78 is 7.57. The molecule has 29 heavy (non-hydrogen) atoms. The number of rotatable bonds is 6. The van der Waals surface area contributed by atoms with Gasteiger partial charge in [0.25, 0.3) is 5.91 Å². The molecule has 1 fully saturated rings. The molecule has 1 saturated carbocycles. The van der Waals surface area contributed by atoms with E-state index < -0.39 is 11.9 Å². The molecular weight excluding hydrogens is 370 g/mol. The summed E-state index contributed by atoms with van der Waals surface area (Å²) in [6, 6.07) is 13.5. The third kappa shape index (κ3) is 3.78. The van der Waals surface area contributed by atoms with E-state index in [1.807, 2.05) is 24.3 Å². The zero-order chi connectivity index (χ0) is 20.5. The maximum Gasteiger partial charge on any atom is 0.337 e. The van der Waals surface area contributed by atoms with Crippen molar-refractivity contribution in [1.82, 2.24) is 4.57 Å². The number of aryl methyl sites for hydroxylation is 1. The average Bonchev–Trinajstić information content (AvgIpc) is 3.49. The Morgan fingerprint density at radius 3 is 2.72 bits per heavy atom. The van der Waals surface area contributed by atoms with E-state index in [0.717, 1.165) is 16.7 Å². The molecule has 0 radical (unpaired) electrons. The van der Waals surface area contributed by atoms with Crippen LogP contribution in [-0.4, -0.2) is 28.2 Å². The van der Waals surface area contributed by atoms with Crippen molar-refractivity contribution in [1.29, 1.82) is 5.26 Å². The predicted molar refractivity (Wildman–Crippen MR) is 107 cm³/mol. The van der Waals surface area contributed by atoms with Gasteiger partial charge in [0.05, 0.1) is 35.0 Å². The number of amides is 1.